The molecule has 1 aliphatic rings. The van der Waals surface area contributed by atoms with Gasteiger partial charge in [0.15, 0.2) is 0 Å². The van der Waals surface area contributed by atoms with Crippen LogP contribution in [0.2, 0.25) is 0 Å². The van der Waals surface area contributed by atoms with Gasteiger partial charge >= 0.3 is 0 Å². The Hall–Kier alpha value is -2.41. The second-order valence-electron chi connectivity index (χ2n) is 7.31. The van der Waals surface area contributed by atoms with E-state index in [9.17, 15) is 0 Å². The number of rotatable bonds is 1. The Kier molecular flexibility index (Phi) is 3.12. The molecule has 114 valence electrons. The molecule has 0 fully saturated rings. The summed E-state index contributed by atoms with van der Waals surface area (Å²) in [5.74, 6) is 0.240. The third-order valence-corrected chi connectivity index (χ3v) is 4.67. The first-order chi connectivity index (χ1) is 11.1. The van der Waals surface area contributed by atoms with Crippen molar-refractivity contribution in [2.24, 2.45) is 0 Å². The van der Waals surface area contributed by atoms with Crippen LogP contribution in [0.15, 0.2) is 66.7 Å². The van der Waals surface area contributed by atoms with Crippen molar-refractivity contribution >= 4 is 0 Å². The average molecular weight is 299 g/mol. The summed E-state index contributed by atoms with van der Waals surface area (Å²) in [6, 6.07) is 23.9. The summed E-state index contributed by atoms with van der Waals surface area (Å²) in [6.07, 6.45) is 0. The molecular weight excluding hydrogens is 278 g/mol. The van der Waals surface area contributed by atoms with E-state index in [1.165, 1.54) is 22.3 Å². The van der Waals surface area contributed by atoms with E-state index in [1.807, 2.05) is 0 Å². The zero-order chi connectivity index (χ0) is 16.0. The van der Waals surface area contributed by atoms with Crippen molar-refractivity contribution in [1.82, 2.24) is 4.98 Å². The lowest BCUT2D eigenvalue weighted by Crippen LogP contribution is -2.15. The summed E-state index contributed by atoms with van der Waals surface area (Å²) in [5.41, 5.74) is 7.78. The van der Waals surface area contributed by atoms with E-state index in [4.69, 9.17) is 4.98 Å². The molecule has 0 aliphatic heterocycles. The fourth-order valence-corrected chi connectivity index (χ4v) is 3.50. The van der Waals surface area contributed by atoms with Crippen LogP contribution in [0.5, 0.6) is 0 Å². The van der Waals surface area contributed by atoms with Crippen LogP contribution >= 0.6 is 0 Å². The van der Waals surface area contributed by atoms with Gasteiger partial charge in [0.25, 0.3) is 0 Å². The van der Waals surface area contributed by atoms with Crippen LogP contribution in [-0.2, 0) is 5.41 Å². The van der Waals surface area contributed by atoms with E-state index in [-0.39, 0.29) is 11.3 Å². The SMILES string of the molecule is CC(C)(C)c1cccc(C2c3ccccc3-c3ccccc32)n1. The molecule has 2 aromatic carbocycles. The van der Waals surface area contributed by atoms with Gasteiger partial charge in [0.1, 0.15) is 0 Å². The van der Waals surface area contributed by atoms with Gasteiger partial charge in [0, 0.05) is 11.1 Å². The van der Waals surface area contributed by atoms with Crippen molar-refractivity contribution in [3.05, 3.63) is 89.2 Å². The number of aromatic nitrogens is 1. The highest BCUT2D eigenvalue weighted by atomic mass is 14.7. The zero-order valence-electron chi connectivity index (χ0n) is 13.9. The van der Waals surface area contributed by atoms with Gasteiger partial charge < -0.3 is 0 Å². The lowest BCUT2D eigenvalue weighted by Gasteiger charge is -2.20. The van der Waals surface area contributed by atoms with Crippen LogP contribution in [0.4, 0.5) is 0 Å². The van der Waals surface area contributed by atoms with Crippen molar-refractivity contribution in [3.63, 3.8) is 0 Å². The maximum absolute atomic E-state index is 5.02. The van der Waals surface area contributed by atoms with Gasteiger partial charge in [-0.15, -0.1) is 0 Å². The first-order valence-corrected chi connectivity index (χ1v) is 8.21. The number of benzene rings is 2. The van der Waals surface area contributed by atoms with Crippen LogP contribution < -0.4 is 0 Å². The van der Waals surface area contributed by atoms with Gasteiger partial charge in [-0.25, -0.2) is 0 Å². The van der Waals surface area contributed by atoms with Crippen LogP contribution in [0, 0.1) is 0 Å². The number of hydrogen-bond donors (Lipinski definition) is 0. The summed E-state index contributed by atoms with van der Waals surface area (Å²) in [7, 11) is 0. The summed E-state index contributed by atoms with van der Waals surface area (Å²) >= 11 is 0. The smallest absolute Gasteiger partial charge is 0.0526 e. The molecule has 4 rings (SSSR count). The van der Waals surface area contributed by atoms with Gasteiger partial charge in [-0.1, -0.05) is 75.4 Å². The minimum Gasteiger partial charge on any atom is -0.256 e. The van der Waals surface area contributed by atoms with Gasteiger partial charge in [0.2, 0.25) is 0 Å². The van der Waals surface area contributed by atoms with Gasteiger partial charge in [-0.2, -0.15) is 0 Å². The van der Waals surface area contributed by atoms with Crippen LogP contribution in [0.25, 0.3) is 11.1 Å². The highest BCUT2D eigenvalue weighted by Gasteiger charge is 2.30. The first-order valence-electron chi connectivity index (χ1n) is 8.21. The van der Waals surface area contributed by atoms with Crippen molar-refractivity contribution in [3.8, 4) is 11.1 Å². The lowest BCUT2D eigenvalue weighted by molar-refractivity contribution is 0.565. The molecule has 0 N–H and O–H groups in total. The average Bonchev–Trinajstić information content (AvgIpc) is 2.89. The third-order valence-electron chi connectivity index (χ3n) is 4.67. The molecule has 0 amide bonds. The molecular formula is C22H21N. The highest BCUT2D eigenvalue weighted by Crippen LogP contribution is 2.47. The molecule has 3 aromatic rings. The minimum absolute atomic E-state index is 0.0631. The highest BCUT2D eigenvalue weighted by molar-refractivity contribution is 5.80. The van der Waals surface area contributed by atoms with Crippen molar-refractivity contribution < 1.29 is 0 Å². The molecule has 0 unspecified atom stereocenters. The lowest BCUT2D eigenvalue weighted by atomic mass is 9.89. The molecule has 1 nitrogen and oxygen atoms in total. The topological polar surface area (TPSA) is 12.9 Å². The molecule has 1 heteroatoms. The fraction of sp³-hybridized carbons (Fsp3) is 0.227. The van der Waals surface area contributed by atoms with Gasteiger partial charge in [-0.05, 0) is 34.4 Å². The first kappa shape index (κ1) is 14.2. The molecule has 0 atom stereocenters. The molecule has 1 aliphatic carbocycles. The quantitative estimate of drug-likeness (QED) is 0.449. The normalized spacial score (nSPS) is 13.7. The maximum Gasteiger partial charge on any atom is 0.0526 e. The van der Waals surface area contributed by atoms with E-state index in [0.717, 1.165) is 11.4 Å². The van der Waals surface area contributed by atoms with Crippen molar-refractivity contribution in [2.75, 3.05) is 0 Å². The van der Waals surface area contributed by atoms with E-state index in [1.54, 1.807) is 0 Å². The second-order valence-corrected chi connectivity index (χ2v) is 7.31. The molecule has 1 aromatic heterocycles. The molecule has 0 saturated carbocycles. The molecule has 0 saturated heterocycles. The predicted octanol–water partition coefficient (Wildman–Crippen LogP) is 5.54. The number of fused-ring (bicyclic) bond motifs is 3. The summed E-state index contributed by atoms with van der Waals surface area (Å²) < 4.78 is 0. The Morgan fingerprint density at radius 1 is 0.696 bits per heavy atom. The fourth-order valence-electron chi connectivity index (χ4n) is 3.50. The Morgan fingerprint density at radius 3 is 1.83 bits per heavy atom. The second kappa shape index (κ2) is 5.06. The Balaban J connectivity index is 1.93. The Bertz CT molecular complexity index is 825. The summed E-state index contributed by atoms with van der Waals surface area (Å²) in [5, 5.41) is 0. The predicted molar refractivity (Wildman–Crippen MR) is 95.8 cm³/mol. The van der Waals surface area contributed by atoms with Gasteiger partial charge in [-0.3, -0.25) is 4.98 Å². The summed E-state index contributed by atoms with van der Waals surface area (Å²) in [4.78, 5) is 5.02. The Morgan fingerprint density at radius 2 is 1.26 bits per heavy atom. The van der Waals surface area contributed by atoms with Crippen LogP contribution in [-0.4, -0.2) is 4.98 Å². The van der Waals surface area contributed by atoms with Crippen LogP contribution in [0.3, 0.4) is 0 Å². The summed E-state index contributed by atoms with van der Waals surface area (Å²) in [6.45, 7) is 6.65. The van der Waals surface area contributed by atoms with E-state index in [2.05, 4.69) is 87.5 Å². The monoisotopic (exact) mass is 299 g/mol. The third kappa shape index (κ3) is 2.28. The van der Waals surface area contributed by atoms with Crippen molar-refractivity contribution in [2.45, 2.75) is 32.1 Å². The van der Waals surface area contributed by atoms with Crippen molar-refractivity contribution in [1.29, 1.82) is 0 Å². The van der Waals surface area contributed by atoms with Crippen LogP contribution in [0.1, 0.15) is 49.2 Å². The minimum atomic E-state index is 0.0631. The van der Waals surface area contributed by atoms with E-state index in [0.29, 0.717) is 0 Å². The van der Waals surface area contributed by atoms with Gasteiger partial charge in [0.05, 0.1) is 11.6 Å². The largest absolute Gasteiger partial charge is 0.256 e. The molecule has 0 radical (unpaired) electrons. The van der Waals surface area contributed by atoms with E-state index >= 15 is 0 Å². The molecule has 0 spiro atoms. The maximum atomic E-state index is 5.02. The van der Waals surface area contributed by atoms with E-state index < -0.39 is 0 Å². The Labute approximate surface area is 138 Å². The standard InChI is InChI=1S/C22H21N/c1-22(2,3)20-14-8-13-19(23-20)21-17-11-6-4-9-15(17)16-10-5-7-12-18(16)21/h4-14,21H,1-3H3. The number of nitrogens with zero attached hydrogens (tertiary/aromatic N) is 1. The number of pyridine rings is 1. The molecule has 23 heavy (non-hydrogen) atoms. The number of hydrogen-bond acceptors (Lipinski definition) is 1. The zero-order valence-corrected chi connectivity index (χ0v) is 13.9. The molecule has 0 bridgehead atoms. The molecule has 1 heterocycles.